The van der Waals surface area contributed by atoms with Crippen LogP contribution in [0.3, 0.4) is 0 Å². The van der Waals surface area contributed by atoms with Crippen molar-refractivity contribution in [2.75, 3.05) is 24.5 Å². The van der Waals surface area contributed by atoms with Crippen molar-refractivity contribution in [2.45, 2.75) is 13.0 Å². The first-order valence-corrected chi connectivity index (χ1v) is 6.92. The molecule has 0 aromatic carbocycles. The van der Waals surface area contributed by atoms with E-state index in [2.05, 4.69) is 49.1 Å². The van der Waals surface area contributed by atoms with Crippen molar-refractivity contribution in [2.24, 2.45) is 0 Å². The predicted octanol–water partition coefficient (Wildman–Crippen LogP) is 2.19. The fraction of sp³-hybridized carbons (Fsp3) is 0.385. The van der Waals surface area contributed by atoms with Crippen molar-refractivity contribution in [1.29, 1.82) is 0 Å². The van der Waals surface area contributed by atoms with Gasteiger partial charge >= 0.3 is 0 Å². The van der Waals surface area contributed by atoms with E-state index in [0.29, 0.717) is 6.04 Å². The van der Waals surface area contributed by atoms with E-state index in [1.807, 2.05) is 18.5 Å². The lowest BCUT2D eigenvalue weighted by Gasteiger charge is -2.33. The number of nitrogens with one attached hydrogen (secondary N) is 1. The average molecular weight is 307 g/mol. The molecule has 1 atom stereocenters. The second kappa shape index (κ2) is 4.82. The summed E-state index contributed by atoms with van der Waals surface area (Å²) in [7, 11) is 0. The van der Waals surface area contributed by atoms with Gasteiger partial charge in [-0.15, -0.1) is 0 Å². The predicted molar refractivity (Wildman–Crippen MR) is 76.9 cm³/mol. The number of nitrogens with zero attached hydrogens (tertiary/aromatic N) is 3. The van der Waals surface area contributed by atoms with Gasteiger partial charge in [-0.25, -0.2) is 0 Å². The minimum Gasteiger partial charge on any atom is -0.367 e. The van der Waals surface area contributed by atoms with Gasteiger partial charge in [-0.3, -0.25) is 9.97 Å². The summed E-state index contributed by atoms with van der Waals surface area (Å²) in [5.74, 6) is 0. The van der Waals surface area contributed by atoms with Crippen LogP contribution < -0.4 is 10.2 Å². The molecule has 0 saturated carbocycles. The molecule has 0 amide bonds. The Morgan fingerprint density at radius 3 is 3.17 bits per heavy atom. The molecular weight excluding hydrogens is 292 g/mol. The molecule has 2 aromatic heterocycles. The summed E-state index contributed by atoms with van der Waals surface area (Å²) >= 11 is 3.44. The maximum absolute atomic E-state index is 4.51. The largest absolute Gasteiger partial charge is 0.367 e. The number of piperazine rings is 1. The molecule has 5 heteroatoms. The van der Waals surface area contributed by atoms with Gasteiger partial charge in [0.2, 0.25) is 0 Å². The van der Waals surface area contributed by atoms with Gasteiger partial charge in [-0.2, -0.15) is 0 Å². The molecule has 94 valence electrons. The molecule has 1 fully saturated rings. The molecule has 0 bridgehead atoms. The second-order valence-corrected chi connectivity index (χ2v) is 5.57. The summed E-state index contributed by atoms with van der Waals surface area (Å²) < 4.78 is 0.966. The summed E-state index contributed by atoms with van der Waals surface area (Å²) in [6.07, 6.45) is 3.69. The molecule has 2 aromatic rings. The van der Waals surface area contributed by atoms with E-state index in [0.717, 1.165) is 35.1 Å². The van der Waals surface area contributed by atoms with E-state index in [-0.39, 0.29) is 0 Å². The summed E-state index contributed by atoms with van der Waals surface area (Å²) in [6.45, 7) is 5.25. The average Bonchev–Trinajstić information content (AvgIpc) is 2.37. The molecule has 0 radical (unpaired) electrons. The SMILES string of the molecule is C[C@H]1CN(c2ccnc3cc(Br)cnc23)CCN1. The molecule has 0 unspecified atom stereocenters. The van der Waals surface area contributed by atoms with Gasteiger partial charge < -0.3 is 10.2 Å². The van der Waals surface area contributed by atoms with Crippen LogP contribution in [0.2, 0.25) is 0 Å². The molecule has 4 nitrogen and oxygen atoms in total. The number of hydrogen-bond donors (Lipinski definition) is 1. The summed E-state index contributed by atoms with van der Waals surface area (Å²) in [4.78, 5) is 11.3. The van der Waals surface area contributed by atoms with Crippen LogP contribution in [0.5, 0.6) is 0 Å². The molecular formula is C13H15BrN4. The Hall–Kier alpha value is -1.20. The van der Waals surface area contributed by atoms with E-state index in [1.54, 1.807) is 0 Å². The third-order valence-corrected chi connectivity index (χ3v) is 3.67. The van der Waals surface area contributed by atoms with Gasteiger partial charge in [0.05, 0.1) is 11.2 Å². The molecule has 1 aliphatic rings. The van der Waals surface area contributed by atoms with Crippen LogP contribution in [0.25, 0.3) is 11.0 Å². The van der Waals surface area contributed by atoms with Crippen molar-refractivity contribution >= 4 is 32.7 Å². The van der Waals surface area contributed by atoms with Crippen LogP contribution in [0.15, 0.2) is 29.0 Å². The van der Waals surface area contributed by atoms with Crippen LogP contribution in [-0.4, -0.2) is 35.6 Å². The van der Waals surface area contributed by atoms with Gasteiger partial charge in [0.1, 0.15) is 5.52 Å². The standard InChI is InChI=1S/C13H15BrN4/c1-9-8-18(5-4-15-9)12-2-3-16-11-6-10(14)7-17-13(11)12/h2-3,6-7,9,15H,4-5,8H2,1H3/t9-/m0/s1. The molecule has 0 aliphatic carbocycles. The Labute approximate surface area is 115 Å². The topological polar surface area (TPSA) is 41.1 Å². The maximum Gasteiger partial charge on any atom is 0.112 e. The van der Waals surface area contributed by atoms with Crippen molar-refractivity contribution in [3.63, 3.8) is 0 Å². The first-order chi connectivity index (χ1) is 8.74. The monoisotopic (exact) mass is 306 g/mol. The third kappa shape index (κ3) is 2.20. The van der Waals surface area contributed by atoms with Gasteiger partial charge in [0.15, 0.2) is 0 Å². The molecule has 1 aliphatic heterocycles. The molecule has 0 spiro atoms. The Morgan fingerprint density at radius 2 is 2.33 bits per heavy atom. The lowest BCUT2D eigenvalue weighted by Crippen LogP contribution is -2.49. The minimum absolute atomic E-state index is 0.511. The van der Waals surface area contributed by atoms with Crippen LogP contribution >= 0.6 is 15.9 Å². The van der Waals surface area contributed by atoms with Gasteiger partial charge in [-0.1, -0.05) is 0 Å². The fourth-order valence-corrected chi connectivity index (χ4v) is 2.72. The number of hydrogen-bond acceptors (Lipinski definition) is 4. The van der Waals surface area contributed by atoms with Gasteiger partial charge in [0, 0.05) is 42.5 Å². The highest BCUT2D eigenvalue weighted by Gasteiger charge is 2.18. The highest BCUT2D eigenvalue weighted by Crippen LogP contribution is 2.25. The highest BCUT2D eigenvalue weighted by atomic mass is 79.9. The molecule has 3 heterocycles. The number of aromatic nitrogens is 2. The van der Waals surface area contributed by atoms with Crippen molar-refractivity contribution in [3.8, 4) is 0 Å². The van der Waals surface area contributed by atoms with Crippen LogP contribution in [0, 0.1) is 0 Å². The first kappa shape index (κ1) is 11.9. The zero-order valence-electron chi connectivity index (χ0n) is 10.2. The third-order valence-electron chi connectivity index (χ3n) is 3.23. The van der Waals surface area contributed by atoms with Crippen molar-refractivity contribution in [3.05, 3.63) is 29.0 Å². The van der Waals surface area contributed by atoms with Crippen molar-refractivity contribution in [1.82, 2.24) is 15.3 Å². The second-order valence-electron chi connectivity index (χ2n) is 4.65. The first-order valence-electron chi connectivity index (χ1n) is 6.12. The zero-order valence-corrected chi connectivity index (χ0v) is 11.8. The summed E-state index contributed by atoms with van der Waals surface area (Å²) in [5, 5.41) is 3.45. The summed E-state index contributed by atoms with van der Waals surface area (Å²) in [6, 6.07) is 4.58. The maximum atomic E-state index is 4.51. The number of pyridine rings is 2. The number of rotatable bonds is 1. The highest BCUT2D eigenvalue weighted by molar-refractivity contribution is 9.10. The minimum atomic E-state index is 0.511. The van der Waals surface area contributed by atoms with Crippen molar-refractivity contribution < 1.29 is 0 Å². The molecule has 3 rings (SSSR count). The lowest BCUT2D eigenvalue weighted by atomic mass is 10.2. The lowest BCUT2D eigenvalue weighted by molar-refractivity contribution is 0.485. The van der Waals surface area contributed by atoms with E-state index in [9.17, 15) is 0 Å². The molecule has 18 heavy (non-hydrogen) atoms. The Balaban J connectivity index is 2.05. The number of halogens is 1. The Kier molecular flexibility index (Phi) is 3.18. The van der Waals surface area contributed by atoms with Crippen LogP contribution in [-0.2, 0) is 0 Å². The summed E-state index contributed by atoms with van der Waals surface area (Å²) in [5.41, 5.74) is 3.10. The number of fused-ring (bicyclic) bond motifs is 1. The molecule has 1 saturated heterocycles. The van der Waals surface area contributed by atoms with E-state index >= 15 is 0 Å². The Bertz CT molecular complexity index is 572. The zero-order chi connectivity index (χ0) is 12.5. The van der Waals surface area contributed by atoms with E-state index < -0.39 is 0 Å². The fourth-order valence-electron chi connectivity index (χ4n) is 2.40. The number of anilines is 1. The van der Waals surface area contributed by atoms with Gasteiger partial charge in [0.25, 0.3) is 0 Å². The smallest absolute Gasteiger partial charge is 0.112 e. The van der Waals surface area contributed by atoms with Gasteiger partial charge in [-0.05, 0) is 35.0 Å². The van der Waals surface area contributed by atoms with E-state index in [4.69, 9.17) is 0 Å². The molecule has 1 N–H and O–H groups in total. The van der Waals surface area contributed by atoms with Crippen LogP contribution in [0.1, 0.15) is 6.92 Å². The quantitative estimate of drug-likeness (QED) is 0.877. The normalized spacial score (nSPS) is 20.3. The van der Waals surface area contributed by atoms with Crippen LogP contribution in [0.4, 0.5) is 5.69 Å². The van der Waals surface area contributed by atoms with E-state index in [1.165, 1.54) is 5.69 Å². The Morgan fingerprint density at radius 1 is 1.44 bits per heavy atom.